The zero-order valence-corrected chi connectivity index (χ0v) is 19.4. The highest BCUT2D eigenvalue weighted by Crippen LogP contribution is 2.28. The topological polar surface area (TPSA) is 130 Å². The highest BCUT2D eigenvalue weighted by molar-refractivity contribution is 7.89. The minimum absolute atomic E-state index is 0.0369. The maximum absolute atomic E-state index is 13.1. The molecule has 4 rings (SSSR count). The summed E-state index contributed by atoms with van der Waals surface area (Å²) in [5, 5.41) is 10.6. The number of fused-ring (bicyclic) bond motifs is 1. The molecule has 0 amide bonds. The molecular weight excluding hydrogens is 454 g/mol. The van der Waals surface area contributed by atoms with E-state index in [1.54, 1.807) is 12.1 Å². The van der Waals surface area contributed by atoms with Gasteiger partial charge in [0.25, 0.3) is 5.56 Å². The van der Waals surface area contributed by atoms with Gasteiger partial charge in [0.05, 0.1) is 16.4 Å². The number of hydrogen-bond donors (Lipinski definition) is 2. The Hall–Kier alpha value is -2.60. The van der Waals surface area contributed by atoms with Crippen LogP contribution in [0, 0.1) is 20.8 Å². The molecule has 0 spiro atoms. The lowest BCUT2D eigenvalue weighted by molar-refractivity contribution is -0.149. The first kappa shape index (κ1) is 22.6. The fourth-order valence-electron chi connectivity index (χ4n) is 3.71. The predicted octanol–water partition coefficient (Wildman–Crippen LogP) is 1.78. The maximum atomic E-state index is 13.1. The van der Waals surface area contributed by atoms with E-state index < -0.39 is 28.1 Å². The van der Waals surface area contributed by atoms with Crippen LogP contribution in [0.5, 0.6) is 0 Å². The van der Waals surface area contributed by atoms with E-state index in [4.69, 9.17) is 4.74 Å². The zero-order chi connectivity index (χ0) is 23.2. The van der Waals surface area contributed by atoms with Crippen LogP contribution in [0.4, 0.5) is 0 Å². The number of hydrogen-bond acceptors (Lipinski definition) is 8. The first-order chi connectivity index (χ1) is 15.1. The summed E-state index contributed by atoms with van der Waals surface area (Å²) in [7, 11) is -4.00. The SMILES string of the molecule is Cc1ccc(S(=O)(=O)N2C[C@@H](O)C[C@H]2C(=O)OCc2nc3sc(C)c(C)c3c(=O)[nH]2)cc1. The zero-order valence-electron chi connectivity index (χ0n) is 17.8. The smallest absolute Gasteiger partial charge is 0.325 e. The molecule has 9 nitrogen and oxygen atoms in total. The quantitative estimate of drug-likeness (QED) is 0.536. The Morgan fingerprint density at radius 2 is 1.97 bits per heavy atom. The summed E-state index contributed by atoms with van der Waals surface area (Å²) in [6.45, 7) is 5.06. The third-order valence-electron chi connectivity index (χ3n) is 5.57. The number of aromatic nitrogens is 2. The van der Waals surface area contributed by atoms with E-state index in [2.05, 4.69) is 9.97 Å². The van der Waals surface area contributed by atoms with Gasteiger partial charge in [-0.1, -0.05) is 17.7 Å². The minimum atomic E-state index is -4.00. The van der Waals surface area contributed by atoms with Crippen LogP contribution >= 0.6 is 11.3 Å². The number of rotatable bonds is 5. The third-order valence-corrected chi connectivity index (χ3v) is 8.56. The van der Waals surface area contributed by atoms with Crippen LogP contribution in [0.15, 0.2) is 34.0 Å². The number of thiophene rings is 1. The summed E-state index contributed by atoms with van der Waals surface area (Å²) in [6.07, 6.45) is -1.06. The van der Waals surface area contributed by atoms with Crippen molar-refractivity contribution in [1.29, 1.82) is 0 Å². The van der Waals surface area contributed by atoms with Crippen LogP contribution in [0.25, 0.3) is 10.2 Å². The van der Waals surface area contributed by atoms with Crippen LogP contribution in [-0.2, 0) is 26.2 Å². The Morgan fingerprint density at radius 1 is 1.28 bits per heavy atom. The number of H-pyrrole nitrogens is 1. The first-order valence-electron chi connectivity index (χ1n) is 10.00. The lowest BCUT2D eigenvalue weighted by Crippen LogP contribution is -2.41. The number of carbonyl (C=O) groups is 1. The average Bonchev–Trinajstić information content (AvgIpc) is 3.27. The Labute approximate surface area is 188 Å². The Bertz CT molecular complexity index is 1340. The summed E-state index contributed by atoms with van der Waals surface area (Å²) in [5.41, 5.74) is 1.44. The highest BCUT2D eigenvalue weighted by Gasteiger charge is 2.44. The molecule has 0 aliphatic carbocycles. The van der Waals surface area contributed by atoms with Crippen LogP contribution in [0.1, 0.15) is 28.2 Å². The van der Waals surface area contributed by atoms with Crippen LogP contribution in [0.2, 0.25) is 0 Å². The van der Waals surface area contributed by atoms with Crippen LogP contribution in [0.3, 0.4) is 0 Å². The molecule has 1 fully saturated rings. The lowest BCUT2D eigenvalue weighted by atomic mass is 10.2. The summed E-state index contributed by atoms with van der Waals surface area (Å²) < 4.78 is 32.4. The molecule has 0 bridgehead atoms. The predicted molar refractivity (Wildman–Crippen MR) is 119 cm³/mol. The van der Waals surface area contributed by atoms with Gasteiger partial charge in [0.1, 0.15) is 23.3 Å². The molecule has 3 aromatic rings. The normalized spacial score (nSPS) is 19.5. The number of sulfonamides is 1. The number of esters is 1. The molecule has 11 heteroatoms. The van der Waals surface area contributed by atoms with Crippen molar-refractivity contribution in [3.8, 4) is 0 Å². The summed E-state index contributed by atoms with van der Waals surface area (Å²) >= 11 is 1.38. The highest BCUT2D eigenvalue weighted by atomic mass is 32.2. The standard InChI is InChI=1S/C21H23N3O6S2/c1-11-4-6-15(7-5-11)32(28,29)24-9-14(25)8-16(24)21(27)30-10-17-22-19(26)18-12(2)13(3)31-20(18)23-17/h4-7,14,16,25H,8-10H2,1-3H3,(H,22,23,26)/t14-,16-/m0/s1. The molecule has 32 heavy (non-hydrogen) atoms. The Kier molecular flexibility index (Phi) is 5.93. The first-order valence-corrected chi connectivity index (χ1v) is 12.3. The molecule has 1 aliphatic heterocycles. The van der Waals surface area contributed by atoms with Crippen molar-refractivity contribution in [2.24, 2.45) is 0 Å². The monoisotopic (exact) mass is 477 g/mol. The molecule has 1 saturated heterocycles. The van der Waals surface area contributed by atoms with Crippen molar-refractivity contribution in [3.63, 3.8) is 0 Å². The van der Waals surface area contributed by atoms with E-state index in [0.29, 0.717) is 10.2 Å². The van der Waals surface area contributed by atoms with Crippen molar-refractivity contribution in [2.75, 3.05) is 6.54 Å². The fraction of sp³-hybridized carbons (Fsp3) is 0.381. The molecule has 0 radical (unpaired) electrons. The maximum Gasteiger partial charge on any atom is 0.325 e. The van der Waals surface area contributed by atoms with Crippen LogP contribution in [-0.4, -0.2) is 52.5 Å². The van der Waals surface area contributed by atoms with Gasteiger partial charge in [0.2, 0.25) is 10.0 Å². The third kappa shape index (κ3) is 4.08. The molecule has 0 unspecified atom stereocenters. The molecule has 2 N–H and O–H groups in total. The number of aryl methyl sites for hydroxylation is 3. The second kappa shape index (κ2) is 8.39. The number of aliphatic hydroxyl groups is 1. The number of benzene rings is 1. The summed E-state index contributed by atoms with van der Waals surface area (Å²) in [4.78, 5) is 33.7. The van der Waals surface area contributed by atoms with Crippen molar-refractivity contribution >= 4 is 37.5 Å². The van der Waals surface area contributed by atoms with E-state index in [1.165, 1.54) is 23.5 Å². The van der Waals surface area contributed by atoms with Gasteiger partial charge in [-0.3, -0.25) is 9.59 Å². The number of nitrogens with zero attached hydrogens (tertiary/aromatic N) is 2. The van der Waals surface area contributed by atoms with Gasteiger partial charge in [-0.05, 0) is 38.5 Å². The van der Waals surface area contributed by atoms with Crippen molar-refractivity contribution in [2.45, 2.75) is 50.8 Å². The molecule has 170 valence electrons. The largest absolute Gasteiger partial charge is 0.456 e. The second-order valence-electron chi connectivity index (χ2n) is 7.88. The molecular formula is C21H23N3O6S2. The van der Waals surface area contributed by atoms with Gasteiger partial charge in [0, 0.05) is 17.8 Å². The van der Waals surface area contributed by atoms with E-state index in [9.17, 15) is 23.1 Å². The molecule has 0 saturated carbocycles. The van der Waals surface area contributed by atoms with E-state index in [0.717, 1.165) is 20.3 Å². The number of aliphatic hydroxyl groups excluding tert-OH is 1. The van der Waals surface area contributed by atoms with E-state index >= 15 is 0 Å². The fourth-order valence-corrected chi connectivity index (χ4v) is 6.39. The van der Waals surface area contributed by atoms with Gasteiger partial charge < -0.3 is 14.8 Å². The Morgan fingerprint density at radius 3 is 2.66 bits per heavy atom. The second-order valence-corrected chi connectivity index (χ2v) is 11.0. The minimum Gasteiger partial charge on any atom is -0.456 e. The molecule has 1 aromatic carbocycles. The lowest BCUT2D eigenvalue weighted by Gasteiger charge is -2.22. The number of nitrogens with one attached hydrogen (secondary N) is 1. The molecule has 2 aromatic heterocycles. The van der Waals surface area contributed by atoms with Crippen LogP contribution < -0.4 is 5.56 Å². The van der Waals surface area contributed by atoms with Crippen molar-refractivity contribution in [3.05, 3.63) is 56.4 Å². The molecule has 1 aliphatic rings. The number of ether oxygens (including phenoxy) is 1. The van der Waals surface area contributed by atoms with Crippen molar-refractivity contribution in [1.82, 2.24) is 14.3 Å². The van der Waals surface area contributed by atoms with Gasteiger partial charge in [0.15, 0.2) is 0 Å². The van der Waals surface area contributed by atoms with Gasteiger partial charge in [-0.25, -0.2) is 13.4 Å². The summed E-state index contributed by atoms with van der Waals surface area (Å²) in [5.74, 6) is -0.637. The average molecular weight is 478 g/mol. The van der Waals surface area contributed by atoms with Crippen molar-refractivity contribution < 1.29 is 23.1 Å². The number of β-amino-alcohol motifs (C(OH)–C–C–N with tert-alkyl or cyclic N) is 1. The number of aromatic amines is 1. The summed E-state index contributed by atoms with van der Waals surface area (Å²) in [6, 6.07) is 5.09. The van der Waals surface area contributed by atoms with E-state index in [1.807, 2.05) is 20.8 Å². The number of carbonyl (C=O) groups excluding carboxylic acids is 1. The van der Waals surface area contributed by atoms with E-state index in [-0.39, 0.29) is 35.9 Å². The van der Waals surface area contributed by atoms with Gasteiger partial charge in [-0.2, -0.15) is 4.31 Å². The van der Waals surface area contributed by atoms with Gasteiger partial charge in [-0.15, -0.1) is 11.3 Å². The molecule has 3 heterocycles. The molecule has 2 atom stereocenters. The van der Waals surface area contributed by atoms with Gasteiger partial charge >= 0.3 is 5.97 Å². The Balaban J connectivity index is 1.54.